The lowest BCUT2D eigenvalue weighted by atomic mass is 9.55. The molecule has 1 N–H and O–H groups in total. The summed E-state index contributed by atoms with van der Waals surface area (Å²) >= 11 is 1.80. The summed E-state index contributed by atoms with van der Waals surface area (Å²) in [6, 6.07) is 6.68. The highest BCUT2D eigenvalue weighted by atomic mass is 32.2. The molecule has 9 atom stereocenters. The highest BCUT2D eigenvalue weighted by molar-refractivity contribution is 7.99. The van der Waals surface area contributed by atoms with Gasteiger partial charge in [0.2, 0.25) is 0 Å². The summed E-state index contributed by atoms with van der Waals surface area (Å²) in [5, 5.41) is 9.93. The molecule has 0 spiro atoms. The molecule has 0 amide bonds. The van der Waals surface area contributed by atoms with E-state index in [1.807, 2.05) is 13.8 Å². The number of hydrogen-bond acceptors (Lipinski definition) is 3. The zero-order chi connectivity index (χ0) is 30.8. The van der Waals surface area contributed by atoms with E-state index < -0.39 is 11.6 Å². The Balaban J connectivity index is 0.000000281. The number of aryl methyl sites for hydroxylation is 1. The molecule has 3 aliphatic carbocycles. The molecule has 4 radical (unpaired) electrons. The van der Waals surface area contributed by atoms with E-state index in [4.69, 9.17) is 20.4 Å². The summed E-state index contributed by atoms with van der Waals surface area (Å²) in [6.45, 7) is 11.0. The second-order valence-corrected chi connectivity index (χ2v) is 14.4. The van der Waals surface area contributed by atoms with Crippen molar-refractivity contribution in [2.45, 2.75) is 121 Å². The fourth-order valence-corrected chi connectivity index (χ4v) is 8.84. The average molecular weight is 604 g/mol. The summed E-state index contributed by atoms with van der Waals surface area (Å²) in [4.78, 5) is 0. The zero-order valence-corrected chi connectivity index (χ0v) is 28.5. The van der Waals surface area contributed by atoms with E-state index in [1.54, 1.807) is 17.3 Å². The van der Waals surface area contributed by atoms with Gasteiger partial charge in [-0.05, 0) is 104 Å². The van der Waals surface area contributed by atoms with Gasteiger partial charge in [0.05, 0.1) is 11.6 Å². The molecule has 3 aliphatic rings. The lowest BCUT2D eigenvalue weighted by Crippen LogP contribution is -2.44. The number of alkyl halides is 2. The average Bonchev–Trinajstić information content (AvgIpc) is 3.31. The summed E-state index contributed by atoms with van der Waals surface area (Å²) in [6.07, 6.45) is 9.47. The maximum Gasteiger partial charge on any atom is 0.304 e. The Morgan fingerprint density at radius 3 is 2.54 bits per heavy atom. The lowest BCUT2D eigenvalue weighted by Gasteiger charge is -2.50. The molecular formula is C32H54B3F2O2PS. The fourth-order valence-electron chi connectivity index (χ4n) is 7.64. The number of rotatable bonds is 11. The molecule has 1 aromatic rings. The van der Waals surface area contributed by atoms with E-state index in [2.05, 4.69) is 55.1 Å². The fraction of sp³-hybridized carbons (Fsp3) is 0.812. The van der Waals surface area contributed by atoms with Crippen molar-refractivity contribution in [2.24, 2.45) is 23.2 Å². The van der Waals surface area contributed by atoms with Gasteiger partial charge in [-0.3, -0.25) is 4.39 Å². The minimum atomic E-state index is -2.69. The minimum Gasteiger partial charge on any atom is -0.449 e. The Hall–Kier alpha value is -0.0252. The number of ether oxygens (including phenoxy) is 1. The van der Waals surface area contributed by atoms with E-state index >= 15 is 0 Å². The monoisotopic (exact) mass is 604 g/mol. The van der Waals surface area contributed by atoms with Crippen LogP contribution >= 0.6 is 21.0 Å². The van der Waals surface area contributed by atoms with Gasteiger partial charge < -0.3 is 9.76 Å². The van der Waals surface area contributed by atoms with Crippen LogP contribution in [0.2, 0.25) is 0 Å². The topological polar surface area (TPSA) is 29.5 Å². The van der Waals surface area contributed by atoms with Gasteiger partial charge in [-0.2, -0.15) is 11.8 Å². The summed E-state index contributed by atoms with van der Waals surface area (Å²) < 4.78 is 31.7. The van der Waals surface area contributed by atoms with Crippen LogP contribution in [-0.2, 0) is 11.2 Å². The van der Waals surface area contributed by atoms with Crippen molar-refractivity contribution >= 4 is 49.6 Å². The van der Waals surface area contributed by atoms with Gasteiger partial charge in [0.1, 0.15) is 21.9 Å². The van der Waals surface area contributed by atoms with Crippen molar-refractivity contribution in [3.63, 3.8) is 0 Å². The van der Waals surface area contributed by atoms with Crippen LogP contribution < -0.4 is 5.46 Å². The van der Waals surface area contributed by atoms with E-state index in [-0.39, 0.29) is 13.9 Å². The Kier molecular flexibility index (Phi) is 15.8. The normalized spacial score (nSPS) is 28.8. The van der Waals surface area contributed by atoms with Gasteiger partial charge in [0, 0.05) is 12.4 Å². The van der Waals surface area contributed by atoms with Crippen molar-refractivity contribution in [3.05, 3.63) is 29.3 Å². The third-order valence-electron chi connectivity index (χ3n) is 10.1. The second kappa shape index (κ2) is 17.5. The molecule has 0 aromatic heterocycles. The van der Waals surface area contributed by atoms with Crippen LogP contribution in [0.4, 0.5) is 8.78 Å². The number of hydrogen-bond donors (Lipinski definition) is 1. The molecule has 4 rings (SSSR count). The van der Waals surface area contributed by atoms with Crippen LogP contribution in [0.15, 0.2) is 18.2 Å². The molecular weight excluding hydrogens is 550 g/mol. The number of benzene rings is 1. The molecule has 0 saturated heterocycles. The standard InChI is InChI=1S/C19H27BO2.C12H22B2F2S.CH5P/c1-19-10-9-15-14-6-4-13(20-21)11-12(14)3-5-16(15)17(19)7-8-18(19)22-2;1-4-9(2)8-10(3)17-7-5-6-11(15)12(13,14)16;1-2/h4,6,11,15-18,20-21H,3,5,7-10H2,1-2H3;9-11H,4-8H2,1-3H3;2H2,1H3. The maximum atomic E-state index is 13.1. The van der Waals surface area contributed by atoms with E-state index in [1.165, 1.54) is 56.9 Å². The minimum absolute atomic E-state index is 0.0898. The predicted molar refractivity (Wildman–Crippen MR) is 182 cm³/mol. The number of fused-ring (bicyclic) bond motifs is 5. The molecule has 0 aliphatic heterocycles. The van der Waals surface area contributed by atoms with Crippen molar-refractivity contribution < 1.29 is 18.5 Å². The van der Waals surface area contributed by atoms with Crippen LogP contribution in [-0.4, -0.2) is 70.7 Å². The van der Waals surface area contributed by atoms with Crippen LogP contribution in [0.1, 0.15) is 103 Å². The Morgan fingerprint density at radius 1 is 1.22 bits per heavy atom. The summed E-state index contributed by atoms with van der Waals surface area (Å²) in [7, 11) is 14.1. The highest BCUT2D eigenvalue weighted by Gasteiger charge is 2.55. The first kappa shape index (κ1) is 37.2. The SMILES string of the molecule is COC1CCC2C3CCc4cc(BO)ccc4C3CCC12C.CP.[B]C([B])(F)C(F)CCCSC(C)CC(C)CC. The lowest BCUT2D eigenvalue weighted by molar-refractivity contribution is -0.0443. The summed E-state index contributed by atoms with van der Waals surface area (Å²) in [5.74, 6) is 3.96. The van der Waals surface area contributed by atoms with Crippen LogP contribution in [0.25, 0.3) is 0 Å². The van der Waals surface area contributed by atoms with Gasteiger partial charge in [-0.25, -0.2) is 4.39 Å². The van der Waals surface area contributed by atoms with E-state index in [9.17, 15) is 13.8 Å². The third kappa shape index (κ3) is 9.99. The second-order valence-electron chi connectivity index (χ2n) is 12.8. The highest BCUT2D eigenvalue weighted by Crippen LogP contribution is 2.61. The molecule has 0 heterocycles. The van der Waals surface area contributed by atoms with Crippen molar-refractivity contribution in [3.8, 4) is 0 Å². The van der Waals surface area contributed by atoms with Gasteiger partial charge >= 0.3 is 7.48 Å². The zero-order valence-electron chi connectivity index (χ0n) is 26.5. The molecule has 2 fully saturated rings. The Bertz CT molecular complexity index is 908. The molecule has 0 bridgehead atoms. The van der Waals surface area contributed by atoms with Crippen molar-refractivity contribution in [1.82, 2.24) is 0 Å². The molecule has 9 heteroatoms. The smallest absolute Gasteiger partial charge is 0.304 e. The first-order valence-corrected chi connectivity index (χ1v) is 18.0. The van der Waals surface area contributed by atoms with Crippen LogP contribution in [0.3, 0.4) is 0 Å². The quantitative estimate of drug-likeness (QED) is 0.175. The number of methoxy groups -OCH3 is 1. The van der Waals surface area contributed by atoms with Gasteiger partial charge in [0.15, 0.2) is 0 Å². The first-order valence-electron chi connectivity index (χ1n) is 15.8. The largest absolute Gasteiger partial charge is 0.449 e. The Labute approximate surface area is 260 Å². The van der Waals surface area contributed by atoms with Gasteiger partial charge in [0.25, 0.3) is 0 Å². The molecule has 1 aromatic carbocycles. The van der Waals surface area contributed by atoms with Crippen LogP contribution in [0.5, 0.6) is 0 Å². The van der Waals surface area contributed by atoms with Gasteiger partial charge in [-0.15, -0.1) is 9.24 Å². The van der Waals surface area contributed by atoms with Crippen molar-refractivity contribution in [1.29, 1.82) is 0 Å². The summed E-state index contributed by atoms with van der Waals surface area (Å²) in [5.41, 5.74) is 1.86. The van der Waals surface area contributed by atoms with Crippen molar-refractivity contribution in [2.75, 3.05) is 19.5 Å². The first-order chi connectivity index (χ1) is 19.4. The molecule has 2 nitrogen and oxygen atoms in total. The predicted octanol–water partition coefficient (Wildman–Crippen LogP) is 6.64. The van der Waals surface area contributed by atoms with E-state index in [0.717, 1.165) is 34.9 Å². The van der Waals surface area contributed by atoms with E-state index in [0.29, 0.717) is 23.2 Å². The maximum absolute atomic E-state index is 13.1. The Morgan fingerprint density at radius 2 is 1.93 bits per heavy atom. The molecule has 228 valence electrons. The number of thioether (sulfide) groups is 1. The van der Waals surface area contributed by atoms with Crippen LogP contribution in [0, 0.1) is 23.2 Å². The molecule has 9 unspecified atom stereocenters. The molecule has 41 heavy (non-hydrogen) atoms. The molecule has 2 saturated carbocycles. The van der Waals surface area contributed by atoms with Gasteiger partial charge in [-0.1, -0.05) is 64.4 Å². The third-order valence-corrected chi connectivity index (χ3v) is 11.4. The number of halogens is 2.